The van der Waals surface area contributed by atoms with Crippen LogP contribution in [0.3, 0.4) is 0 Å². The number of fused-ring (bicyclic) bond motifs is 1. The SMILES string of the molecule is CNC(=O)c1cc(C)c(F)c(-c2cnn3cc(-c4cnc(N5CCCCC5)o4)c(N[C@H]4CCOC4)nc23)c1. The zero-order valence-corrected chi connectivity index (χ0v) is 21.5. The zero-order valence-electron chi connectivity index (χ0n) is 21.5. The van der Waals surface area contributed by atoms with Gasteiger partial charge in [-0.3, -0.25) is 4.79 Å². The van der Waals surface area contributed by atoms with E-state index in [1.165, 1.54) is 18.6 Å². The van der Waals surface area contributed by atoms with E-state index in [1.807, 2.05) is 6.20 Å². The van der Waals surface area contributed by atoms with Gasteiger partial charge >= 0.3 is 0 Å². The molecule has 1 amide bonds. The van der Waals surface area contributed by atoms with Crippen molar-refractivity contribution < 1.29 is 18.3 Å². The quantitative estimate of drug-likeness (QED) is 0.393. The Morgan fingerprint density at radius 3 is 2.74 bits per heavy atom. The lowest BCUT2D eigenvalue weighted by atomic mass is 10.0. The highest BCUT2D eigenvalue weighted by molar-refractivity contribution is 5.96. The van der Waals surface area contributed by atoms with Gasteiger partial charge in [0.15, 0.2) is 11.4 Å². The summed E-state index contributed by atoms with van der Waals surface area (Å²) >= 11 is 0. The summed E-state index contributed by atoms with van der Waals surface area (Å²) in [6.45, 7) is 4.72. The Morgan fingerprint density at radius 1 is 1.13 bits per heavy atom. The number of hydrogen-bond donors (Lipinski definition) is 2. The highest BCUT2D eigenvalue weighted by Crippen LogP contribution is 2.35. The normalized spacial score (nSPS) is 17.8. The molecule has 10 nitrogen and oxygen atoms in total. The van der Waals surface area contributed by atoms with Gasteiger partial charge in [-0.2, -0.15) is 5.10 Å². The Kier molecular flexibility index (Phi) is 6.44. The standard InChI is InChI=1S/C27H30FN7O3/c1-16-10-17(26(36)29-2)11-19(23(16)28)20-12-31-35-14-21(24(33-25(20)35)32-18-6-9-37-15-18)22-13-30-27(38-22)34-7-4-3-5-8-34/h10-14,18H,3-9,15H2,1-2H3,(H,29,36)(H,32,33)/t18-/m0/s1. The molecule has 3 aromatic heterocycles. The van der Waals surface area contributed by atoms with Gasteiger partial charge in [-0.25, -0.2) is 18.9 Å². The summed E-state index contributed by atoms with van der Waals surface area (Å²) < 4.78 is 28.7. The number of amides is 1. The van der Waals surface area contributed by atoms with Crippen molar-refractivity contribution in [2.45, 2.75) is 38.6 Å². The maximum atomic E-state index is 15.3. The Hall–Kier alpha value is -3.99. The number of carbonyl (C=O) groups is 1. The number of carbonyl (C=O) groups excluding carboxylic acids is 1. The van der Waals surface area contributed by atoms with Crippen LogP contribution in [0.5, 0.6) is 0 Å². The molecule has 1 atom stereocenters. The molecule has 5 heterocycles. The Labute approximate surface area is 219 Å². The molecule has 11 heteroatoms. The van der Waals surface area contributed by atoms with Crippen LogP contribution < -0.4 is 15.5 Å². The number of oxazole rings is 1. The van der Waals surface area contributed by atoms with E-state index in [9.17, 15) is 4.79 Å². The van der Waals surface area contributed by atoms with E-state index in [4.69, 9.17) is 14.1 Å². The fourth-order valence-corrected chi connectivity index (χ4v) is 5.10. The third kappa shape index (κ3) is 4.47. The highest BCUT2D eigenvalue weighted by atomic mass is 19.1. The third-order valence-corrected chi connectivity index (χ3v) is 7.18. The van der Waals surface area contributed by atoms with E-state index in [2.05, 4.69) is 25.6 Å². The number of nitrogens with zero attached hydrogens (tertiary/aromatic N) is 5. The molecule has 0 aliphatic carbocycles. The van der Waals surface area contributed by atoms with Gasteiger partial charge in [-0.15, -0.1) is 0 Å². The number of halogens is 1. The summed E-state index contributed by atoms with van der Waals surface area (Å²) in [5.41, 5.74) is 2.64. The molecular weight excluding hydrogens is 489 g/mol. The van der Waals surface area contributed by atoms with Gasteiger partial charge in [0.05, 0.1) is 30.6 Å². The first kappa shape index (κ1) is 24.4. The summed E-state index contributed by atoms with van der Waals surface area (Å²) in [5, 5.41) is 10.6. The minimum absolute atomic E-state index is 0.0788. The average molecular weight is 520 g/mol. The fraction of sp³-hybridized carbons (Fsp3) is 0.407. The number of rotatable bonds is 6. The first-order valence-corrected chi connectivity index (χ1v) is 13.0. The number of ether oxygens (including phenoxy) is 1. The van der Waals surface area contributed by atoms with E-state index >= 15 is 4.39 Å². The summed E-state index contributed by atoms with van der Waals surface area (Å²) in [4.78, 5) is 23.9. The second-order valence-corrected chi connectivity index (χ2v) is 9.82. The molecule has 2 aliphatic heterocycles. The molecule has 0 unspecified atom stereocenters. The molecule has 2 N–H and O–H groups in total. The molecular formula is C27H30FN7O3. The lowest BCUT2D eigenvalue weighted by Crippen LogP contribution is -2.29. The average Bonchev–Trinajstić information content (AvgIpc) is 3.71. The summed E-state index contributed by atoms with van der Waals surface area (Å²) in [6, 6.07) is 3.74. The van der Waals surface area contributed by atoms with Crippen LogP contribution in [0, 0.1) is 12.7 Å². The van der Waals surface area contributed by atoms with Crippen LogP contribution in [0.2, 0.25) is 0 Å². The van der Waals surface area contributed by atoms with Crippen molar-refractivity contribution in [2.75, 3.05) is 43.6 Å². The summed E-state index contributed by atoms with van der Waals surface area (Å²) in [7, 11) is 1.55. The van der Waals surface area contributed by atoms with Gasteiger partial charge in [-0.1, -0.05) is 0 Å². The Morgan fingerprint density at radius 2 is 1.97 bits per heavy atom. The van der Waals surface area contributed by atoms with Crippen molar-refractivity contribution in [1.82, 2.24) is 24.9 Å². The molecule has 2 saturated heterocycles. The van der Waals surface area contributed by atoms with E-state index < -0.39 is 5.82 Å². The predicted molar refractivity (Wildman–Crippen MR) is 141 cm³/mol. The van der Waals surface area contributed by atoms with Gasteiger partial charge in [-0.05, 0) is 50.3 Å². The maximum Gasteiger partial charge on any atom is 0.297 e. The number of piperidine rings is 1. The molecule has 4 aromatic rings. The molecule has 198 valence electrons. The van der Waals surface area contributed by atoms with E-state index in [0.29, 0.717) is 58.7 Å². The molecule has 2 aliphatic rings. The number of anilines is 2. The van der Waals surface area contributed by atoms with Crippen LogP contribution in [-0.4, -0.2) is 64.9 Å². The van der Waals surface area contributed by atoms with Crippen molar-refractivity contribution in [1.29, 1.82) is 0 Å². The molecule has 6 rings (SSSR count). The smallest absolute Gasteiger partial charge is 0.297 e. The second-order valence-electron chi connectivity index (χ2n) is 9.82. The number of benzene rings is 1. The monoisotopic (exact) mass is 519 g/mol. The van der Waals surface area contributed by atoms with Crippen LogP contribution in [-0.2, 0) is 4.74 Å². The fourth-order valence-electron chi connectivity index (χ4n) is 5.10. The first-order valence-electron chi connectivity index (χ1n) is 13.0. The minimum Gasteiger partial charge on any atom is -0.423 e. The lowest BCUT2D eigenvalue weighted by molar-refractivity contribution is 0.0963. The van der Waals surface area contributed by atoms with E-state index in [1.54, 1.807) is 30.9 Å². The van der Waals surface area contributed by atoms with Crippen molar-refractivity contribution >= 4 is 23.4 Å². The van der Waals surface area contributed by atoms with E-state index in [0.717, 1.165) is 32.4 Å². The van der Waals surface area contributed by atoms with Crippen molar-refractivity contribution in [3.63, 3.8) is 0 Å². The number of aromatic nitrogens is 4. The van der Waals surface area contributed by atoms with Crippen molar-refractivity contribution in [3.8, 4) is 22.5 Å². The lowest BCUT2D eigenvalue weighted by Gasteiger charge is -2.24. The van der Waals surface area contributed by atoms with Crippen molar-refractivity contribution in [2.24, 2.45) is 0 Å². The number of aryl methyl sites for hydroxylation is 1. The predicted octanol–water partition coefficient (Wildman–Crippen LogP) is 4.05. The molecule has 0 bridgehead atoms. The van der Waals surface area contributed by atoms with Crippen LogP contribution >= 0.6 is 0 Å². The molecule has 0 radical (unpaired) electrons. The molecule has 38 heavy (non-hydrogen) atoms. The molecule has 0 saturated carbocycles. The topological polar surface area (TPSA) is 110 Å². The van der Waals surface area contributed by atoms with Crippen LogP contribution in [0.15, 0.2) is 35.1 Å². The second kappa shape index (κ2) is 10.1. The summed E-state index contributed by atoms with van der Waals surface area (Å²) in [5.74, 6) is 0.441. The number of nitrogens with one attached hydrogen (secondary N) is 2. The molecule has 1 aromatic carbocycles. The highest BCUT2D eigenvalue weighted by Gasteiger charge is 2.24. The Bertz CT molecular complexity index is 1490. The van der Waals surface area contributed by atoms with Gasteiger partial charge < -0.3 is 24.7 Å². The van der Waals surface area contributed by atoms with Crippen molar-refractivity contribution in [3.05, 3.63) is 47.7 Å². The van der Waals surface area contributed by atoms with Crippen LogP contribution in [0.1, 0.15) is 41.6 Å². The van der Waals surface area contributed by atoms with Gasteiger partial charge in [0.25, 0.3) is 11.9 Å². The largest absolute Gasteiger partial charge is 0.423 e. The van der Waals surface area contributed by atoms with Gasteiger partial charge in [0.1, 0.15) is 11.6 Å². The molecule has 0 spiro atoms. The zero-order chi connectivity index (χ0) is 26.2. The van der Waals surface area contributed by atoms with Crippen LogP contribution in [0.25, 0.3) is 28.1 Å². The summed E-state index contributed by atoms with van der Waals surface area (Å²) in [6.07, 6.45) is 9.40. The Balaban J connectivity index is 1.45. The van der Waals surface area contributed by atoms with Gasteiger partial charge in [0.2, 0.25) is 0 Å². The van der Waals surface area contributed by atoms with E-state index in [-0.39, 0.29) is 17.5 Å². The third-order valence-electron chi connectivity index (χ3n) is 7.18. The minimum atomic E-state index is -0.418. The van der Waals surface area contributed by atoms with Gasteiger partial charge in [0, 0.05) is 49.6 Å². The number of hydrogen-bond acceptors (Lipinski definition) is 8. The first-order chi connectivity index (χ1) is 18.5. The maximum absolute atomic E-state index is 15.3. The van der Waals surface area contributed by atoms with Crippen LogP contribution in [0.4, 0.5) is 16.2 Å². The molecule has 2 fully saturated rings.